The molecule has 2 aliphatic rings. The number of benzene rings is 1. The second-order valence-electron chi connectivity index (χ2n) is 5.43. The number of nitrogens with one attached hydrogen (secondary N) is 1. The zero-order valence-electron chi connectivity index (χ0n) is 11.5. The van der Waals surface area contributed by atoms with E-state index >= 15 is 0 Å². The van der Waals surface area contributed by atoms with Crippen LogP contribution in [0.1, 0.15) is 23.2 Å². The van der Waals surface area contributed by atoms with Crippen LogP contribution in [0.4, 0.5) is 11.5 Å². The summed E-state index contributed by atoms with van der Waals surface area (Å²) >= 11 is 0. The minimum atomic E-state index is 0.861. The van der Waals surface area contributed by atoms with Gasteiger partial charge in [0, 0.05) is 24.3 Å². The van der Waals surface area contributed by atoms with Crippen molar-refractivity contribution < 1.29 is 0 Å². The number of hydrogen-bond donors (Lipinski definition) is 1. The molecule has 0 amide bonds. The van der Waals surface area contributed by atoms with Gasteiger partial charge >= 0.3 is 0 Å². The van der Waals surface area contributed by atoms with Crippen LogP contribution in [0, 0.1) is 0 Å². The molecule has 4 heteroatoms. The highest BCUT2D eigenvalue weighted by Gasteiger charge is 2.24. The zero-order chi connectivity index (χ0) is 13.4. The fourth-order valence-electron chi connectivity index (χ4n) is 3.25. The van der Waals surface area contributed by atoms with Crippen LogP contribution < -0.4 is 10.2 Å². The maximum Gasteiger partial charge on any atom is 0.139 e. The Morgan fingerprint density at radius 1 is 1.10 bits per heavy atom. The third-order valence-electron chi connectivity index (χ3n) is 4.22. The number of para-hydroxylation sites is 1. The molecule has 1 aromatic heterocycles. The molecule has 0 radical (unpaired) electrons. The lowest BCUT2D eigenvalue weighted by atomic mass is 10.00. The Morgan fingerprint density at radius 3 is 3.05 bits per heavy atom. The van der Waals surface area contributed by atoms with Gasteiger partial charge in [0.15, 0.2) is 0 Å². The van der Waals surface area contributed by atoms with E-state index in [0.717, 1.165) is 37.6 Å². The lowest BCUT2D eigenvalue weighted by Gasteiger charge is -2.32. The molecular formula is C16H18N4. The first-order valence-electron chi connectivity index (χ1n) is 7.32. The summed E-state index contributed by atoms with van der Waals surface area (Å²) in [7, 11) is 0. The third-order valence-corrected chi connectivity index (χ3v) is 4.22. The first-order valence-corrected chi connectivity index (χ1v) is 7.32. The summed E-state index contributed by atoms with van der Waals surface area (Å²) in [5.41, 5.74) is 5.23. The molecule has 0 unspecified atom stereocenters. The molecule has 0 atom stereocenters. The van der Waals surface area contributed by atoms with Crippen molar-refractivity contribution in [3.05, 3.63) is 47.4 Å². The standard InChI is InChI=1S/C16H18N4/c1-2-6-15-12(4-1)5-3-9-20(15)16-13-7-8-17-10-14(13)18-11-19-16/h1-2,4,6,11,17H,3,5,7-10H2. The molecule has 0 bridgehead atoms. The number of aromatic nitrogens is 2. The van der Waals surface area contributed by atoms with E-state index in [-0.39, 0.29) is 0 Å². The van der Waals surface area contributed by atoms with Crippen molar-refractivity contribution in [2.45, 2.75) is 25.8 Å². The molecular weight excluding hydrogens is 248 g/mol. The second kappa shape index (κ2) is 4.87. The van der Waals surface area contributed by atoms with E-state index in [1.165, 1.54) is 29.7 Å². The Morgan fingerprint density at radius 2 is 2.05 bits per heavy atom. The van der Waals surface area contributed by atoms with Gasteiger partial charge in [-0.3, -0.25) is 0 Å². The summed E-state index contributed by atoms with van der Waals surface area (Å²) in [6, 6.07) is 8.69. The molecule has 0 spiro atoms. The molecule has 2 aliphatic heterocycles. The predicted octanol–water partition coefficient (Wildman–Crippen LogP) is 2.21. The molecule has 0 fully saturated rings. The molecule has 0 saturated heterocycles. The van der Waals surface area contributed by atoms with Gasteiger partial charge in [-0.1, -0.05) is 18.2 Å². The number of anilines is 2. The second-order valence-corrected chi connectivity index (χ2v) is 5.43. The van der Waals surface area contributed by atoms with Gasteiger partial charge in [-0.15, -0.1) is 0 Å². The largest absolute Gasteiger partial charge is 0.326 e. The quantitative estimate of drug-likeness (QED) is 0.859. The van der Waals surface area contributed by atoms with E-state index in [1.54, 1.807) is 6.33 Å². The molecule has 1 aromatic carbocycles. The SMILES string of the molecule is c1ccc2c(c1)CCCN2c1ncnc2c1CCNC2. The molecule has 4 rings (SSSR count). The van der Waals surface area contributed by atoms with Crippen LogP contribution in [0.25, 0.3) is 0 Å². The first-order chi connectivity index (χ1) is 9.93. The van der Waals surface area contributed by atoms with Gasteiger partial charge in [0.1, 0.15) is 12.1 Å². The number of nitrogens with zero attached hydrogens (tertiary/aromatic N) is 3. The van der Waals surface area contributed by atoms with Gasteiger partial charge in [0.05, 0.1) is 5.69 Å². The van der Waals surface area contributed by atoms with Crippen LogP contribution in [-0.4, -0.2) is 23.1 Å². The van der Waals surface area contributed by atoms with E-state index in [9.17, 15) is 0 Å². The average molecular weight is 266 g/mol. The Kier molecular flexibility index (Phi) is 2.89. The van der Waals surface area contributed by atoms with E-state index in [4.69, 9.17) is 0 Å². The van der Waals surface area contributed by atoms with Crippen molar-refractivity contribution in [2.24, 2.45) is 0 Å². The van der Waals surface area contributed by atoms with Crippen LogP contribution >= 0.6 is 0 Å². The summed E-state index contributed by atoms with van der Waals surface area (Å²) in [4.78, 5) is 11.4. The Hall–Kier alpha value is -1.94. The normalized spacial score (nSPS) is 17.5. The summed E-state index contributed by atoms with van der Waals surface area (Å²) in [5, 5.41) is 3.38. The van der Waals surface area contributed by atoms with Gasteiger partial charge in [0.2, 0.25) is 0 Å². The molecule has 3 heterocycles. The molecule has 0 saturated carbocycles. The third kappa shape index (κ3) is 1.88. The number of fused-ring (bicyclic) bond motifs is 2. The number of rotatable bonds is 1. The highest BCUT2D eigenvalue weighted by atomic mass is 15.2. The lowest BCUT2D eigenvalue weighted by Crippen LogP contribution is -2.31. The highest BCUT2D eigenvalue weighted by molar-refractivity contribution is 5.68. The summed E-state index contributed by atoms with van der Waals surface area (Å²) in [5.74, 6) is 1.11. The maximum absolute atomic E-state index is 4.60. The molecule has 2 aromatic rings. The van der Waals surface area contributed by atoms with Crippen molar-refractivity contribution >= 4 is 11.5 Å². The maximum atomic E-state index is 4.60. The Labute approximate surface area is 118 Å². The van der Waals surface area contributed by atoms with Crippen LogP contribution in [0.15, 0.2) is 30.6 Å². The van der Waals surface area contributed by atoms with Crippen LogP contribution in [0.2, 0.25) is 0 Å². The van der Waals surface area contributed by atoms with Crippen molar-refractivity contribution in [3.8, 4) is 0 Å². The molecule has 0 aliphatic carbocycles. The van der Waals surface area contributed by atoms with Gasteiger partial charge in [-0.25, -0.2) is 9.97 Å². The van der Waals surface area contributed by atoms with E-state index in [0.29, 0.717) is 0 Å². The molecule has 102 valence electrons. The molecule has 4 nitrogen and oxygen atoms in total. The predicted molar refractivity (Wildman–Crippen MR) is 79.2 cm³/mol. The van der Waals surface area contributed by atoms with E-state index < -0.39 is 0 Å². The monoisotopic (exact) mass is 266 g/mol. The first kappa shape index (κ1) is 11.9. The van der Waals surface area contributed by atoms with Crippen LogP contribution in [0.5, 0.6) is 0 Å². The van der Waals surface area contributed by atoms with Crippen LogP contribution in [0.3, 0.4) is 0 Å². The summed E-state index contributed by atoms with van der Waals surface area (Å²) in [6.45, 7) is 2.93. The average Bonchev–Trinajstić information content (AvgIpc) is 2.54. The fourth-order valence-corrected chi connectivity index (χ4v) is 3.25. The highest BCUT2D eigenvalue weighted by Crippen LogP contribution is 2.34. The topological polar surface area (TPSA) is 41.1 Å². The number of hydrogen-bond acceptors (Lipinski definition) is 4. The van der Waals surface area contributed by atoms with Gasteiger partial charge in [-0.05, 0) is 37.4 Å². The van der Waals surface area contributed by atoms with E-state index in [1.807, 2.05) is 0 Å². The van der Waals surface area contributed by atoms with Crippen molar-refractivity contribution in [1.29, 1.82) is 0 Å². The minimum absolute atomic E-state index is 0.861. The van der Waals surface area contributed by atoms with Crippen molar-refractivity contribution in [2.75, 3.05) is 18.0 Å². The minimum Gasteiger partial charge on any atom is -0.326 e. The lowest BCUT2D eigenvalue weighted by molar-refractivity contribution is 0.619. The van der Waals surface area contributed by atoms with Crippen molar-refractivity contribution in [1.82, 2.24) is 15.3 Å². The fraction of sp³-hybridized carbons (Fsp3) is 0.375. The smallest absolute Gasteiger partial charge is 0.139 e. The van der Waals surface area contributed by atoms with Crippen LogP contribution in [-0.2, 0) is 19.4 Å². The zero-order valence-corrected chi connectivity index (χ0v) is 11.5. The Balaban J connectivity index is 1.83. The Bertz CT molecular complexity index is 638. The molecule has 1 N–H and O–H groups in total. The summed E-state index contributed by atoms with van der Waals surface area (Å²) < 4.78 is 0. The van der Waals surface area contributed by atoms with Gasteiger partial charge in [0.25, 0.3) is 0 Å². The molecule has 20 heavy (non-hydrogen) atoms. The number of aryl methyl sites for hydroxylation is 1. The van der Waals surface area contributed by atoms with Gasteiger partial charge in [-0.2, -0.15) is 0 Å². The summed E-state index contributed by atoms with van der Waals surface area (Å²) in [6.07, 6.45) is 5.08. The van der Waals surface area contributed by atoms with Crippen molar-refractivity contribution in [3.63, 3.8) is 0 Å². The van der Waals surface area contributed by atoms with Gasteiger partial charge < -0.3 is 10.2 Å². The van der Waals surface area contributed by atoms with E-state index in [2.05, 4.69) is 44.5 Å².